The Labute approximate surface area is 114 Å². The molecule has 0 amide bonds. The Morgan fingerprint density at radius 1 is 1.28 bits per heavy atom. The molecule has 0 spiro atoms. The zero-order valence-electron chi connectivity index (χ0n) is 10.0. The van der Waals surface area contributed by atoms with Gasteiger partial charge in [0, 0.05) is 14.2 Å². The maximum atomic E-state index is 11.9. The van der Waals surface area contributed by atoms with Crippen LogP contribution in [-0.4, -0.2) is 24.8 Å². The lowest BCUT2D eigenvalue weighted by atomic mass is 10.2. The van der Waals surface area contributed by atoms with E-state index in [0.29, 0.717) is 0 Å². The maximum absolute atomic E-state index is 11.9. The minimum Gasteiger partial charge on any atom is -0.459 e. The fourth-order valence-corrected chi connectivity index (χ4v) is 3.17. The number of carbonyl (C=O) groups excluding carboxylic acids is 1. The monoisotopic (exact) mass is 336 g/mol. The number of alkyl halides is 1. The predicted molar refractivity (Wildman–Crippen MR) is 70.6 cm³/mol. The maximum Gasteiger partial charge on any atom is 0.355 e. The summed E-state index contributed by atoms with van der Waals surface area (Å²) in [6.07, 6.45) is 0. The first-order chi connectivity index (χ1) is 8.53. The number of hydrogen-bond acceptors (Lipinski definition) is 5. The van der Waals surface area contributed by atoms with E-state index in [2.05, 4.69) is 15.9 Å². The summed E-state index contributed by atoms with van der Waals surface area (Å²) < 4.78 is 25.2. The van der Waals surface area contributed by atoms with Crippen molar-refractivity contribution in [3.8, 4) is 0 Å². The van der Waals surface area contributed by atoms with Crippen molar-refractivity contribution < 1.29 is 23.1 Å². The molecule has 0 aromatic heterocycles. The van der Waals surface area contributed by atoms with Gasteiger partial charge in [0.1, 0.15) is 6.61 Å². The quantitative estimate of drug-likeness (QED) is 0.454. The van der Waals surface area contributed by atoms with Crippen molar-refractivity contribution in [3.63, 3.8) is 0 Å². The molecule has 0 radical (unpaired) electrons. The number of esters is 1. The van der Waals surface area contributed by atoms with Crippen molar-refractivity contribution in [1.29, 1.82) is 0 Å². The van der Waals surface area contributed by atoms with E-state index >= 15 is 0 Å². The molecular weight excluding hydrogens is 323 g/mol. The van der Waals surface area contributed by atoms with Crippen molar-refractivity contribution in [3.05, 3.63) is 35.9 Å². The van der Waals surface area contributed by atoms with Gasteiger partial charge in [-0.2, -0.15) is 0 Å². The third-order valence-electron chi connectivity index (χ3n) is 2.21. The Bertz CT molecular complexity index is 428. The standard InChI is InChI=1S/C11H14BrO5P/c1-15-18(14,16-2)10(12)11(13)17-8-9-6-4-3-5-7-9/h3-7,10H,8H2,1-2H3. The highest BCUT2D eigenvalue weighted by Crippen LogP contribution is 2.54. The van der Waals surface area contributed by atoms with Crippen LogP contribution >= 0.6 is 23.5 Å². The fourth-order valence-electron chi connectivity index (χ4n) is 1.19. The van der Waals surface area contributed by atoms with Crippen LogP contribution in [0.2, 0.25) is 0 Å². The molecule has 0 aliphatic heterocycles. The number of carbonyl (C=O) groups is 1. The van der Waals surface area contributed by atoms with Crippen LogP contribution in [0, 0.1) is 0 Å². The van der Waals surface area contributed by atoms with Gasteiger partial charge in [-0.15, -0.1) is 0 Å². The summed E-state index contributed by atoms with van der Waals surface area (Å²) in [6.45, 7) is 0.106. The van der Waals surface area contributed by atoms with Gasteiger partial charge < -0.3 is 13.8 Å². The minimum atomic E-state index is -3.51. The Morgan fingerprint density at radius 2 is 1.83 bits per heavy atom. The Balaban J connectivity index is 2.58. The second kappa shape index (κ2) is 7.04. The molecule has 1 rings (SSSR count). The molecule has 1 atom stereocenters. The molecule has 1 aromatic rings. The molecule has 0 saturated heterocycles. The average Bonchev–Trinajstić information content (AvgIpc) is 2.44. The van der Waals surface area contributed by atoms with Gasteiger partial charge in [0.15, 0.2) is 0 Å². The van der Waals surface area contributed by atoms with Crippen LogP contribution in [0.15, 0.2) is 30.3 Å². The molecule has 0 saturated carbocycles. The van der Waals surface area contributed by atoms with Gasteiger partial charge in [0.05, 0.1) is 0 Å². The SMILES string of the molecule is COP(=O)(OC)C(Br)C(=O)OCc1ccccc1. The summed E-state index contributed by atoms with van der Waals surface area (Å²) in [7, 11) is -1.08. The molecule has 0 aliphatic rings. The Kier molecular flexibility index (Phi) is 6.02. The van der Waals surface area contributed by atoms with Crippen LogP contribution in [0.25, 0.3) is 0 Å². The number of hydrogen-bond donors (Lipinski definition) is 0. The first-order valence-corrected chi connectivity index (χ1v) is 7.62. The summed E-state index contributed by atoms with van der Waals surface area (Å²) in [5.41, 5.74) is 0.843. The summed E-state index contributed by atoms with van der Waals surface area (Å²) in [6, 6.07) is 9.18. The Hall–Kier alpha value is -0.680. The van der Waals surface area contributed by atoms with Crippen LogP contribution in [0.1, 0.15) is 5.56 Å². The van der Waals surface area contributed by atoms with Gasteiger partial charge in [0.2, 0.25) is 4.57 Å². The van der Waals surface area contributed by atoms with E-state index < -0.39 is 18.1 Å². The van der Waals surface area contributed by atoms with Gasteiger partial charge in [-0.25, -0.2) is 0 Å². The molecule has 0 heterocycles. The van der Waals surface area contributed by atoms with E-state index in [4.69, 9.17) is 13.8 Å². The molecule has 0 bridgehead atoms. The number of rotatable bonds is 6. The molecule has 1 unspecified atom stereocenters. The van der Waals surface area contributed by atoms with Gasteiger partial charge in [0.25, 0.3) is 0 Å². The highest BCUT2D eigenvalue weighted by molar-refractivity contribution is 9.11. The van der Waals surface area contributed by atoms with Gasteiger partial charge in [-0.05, 0) is 5.56 Å². The third kappa shape index (κ3) is 3.92. The highest BCUT2D eigenvalue weighted by Gasteiger charge is 2.39. The molecule has 1 aromatic carbocycles. The number of halogens is 1. The average molecular weight is 337 g/mol. The topological polar surface area (TPSA) is 61.8 Å². The van der Waals surface area contributed by atoms with Crippen molar-refractivity contribution >= 4 is 29.5 Å². The molecule has 18 heavy (non-hydrogen) atoms. The van der Waals surface area contributed by atoms with Crippen molar-refractivity contribution in [1.82, 2.24) is 0 Å². The first-order valence-electron chi connectivity index (χ1n) is 5.09. The molecule has 0 aliphatic carbocycles. The van der Waals surface area contributed by atoms with E-state index in [1.807, 2.05) is 30.3 Å². The van der Waals surface area contributed by atoms with E-state index in [1.165, 1.54) is 14.2 Å². The molecule has 7 heteroatoms. The zero-order chi connectivity index (χ0) is 13.6. The fraction of sp³-hybridized carbons (Fsp3) is 0.364. The van der Waals surface area contributed by atoms with Crippen LogP contribution in [0.4, 0.5) is 0 Å². The van der Waals surface area contributed by atoms with Crippen LogP contribution in [0.3, 0.4) is 0 Å². The van der Waals surface area contributed by atoms with Gasteiger partial charge >= 0.3 is 13.6 Å². The van der Waals surface area contributed by atoms with E-state index in [9.17, 15) is 9.36 Å². The van der Waals surface area contributed by atoms with Crippen LogP contribution in [0.5, 0.6) is 0 Å². The number of benzene rings is 1. The smallest absolute Gasteiger partial charge is 0.355 e. The summed E-state index contributed by atoms with van der Waals surface area (Å²) in [4.78, 5) is 11.7. The lowest BCUT2D eigenvalue weighted by Gasteiger charge is -2.18. The molecule has 5 nitrogen and oxygen atoms in total. The molecule has 0 N–H and O–H groups in total. The van der Waals surface area contributed by atoms with E-state index in [0.717, 1.165) is 5.56 Å². The molecule has 100 valence electrons. The second-order valence-electron chi connectivity index (χ2n) is 3.33. The van der Waals surface area contributed by atoms with Crippen LogP contribution in [-0.2, 0) is 29.8 Å². The van der Waals surface area contributed by atoms with Crippen molar-refractivity contribution in [2.75, 3.05) is 14.2 Å². The first kappa shape index (κ1) is 15.4. The lowest BCUT2D eigenvalue weighted by Crippen LogP contribution is -2.19. The summed E-state index contributed by atoms with van der Waals surface area (Å²) in [5.74, 6) is -0.689. The van der Waals surface area contributed by atoms with Crippen molar-refractivity contribution in [2.45, 2.75) is 11.2 Å². The Morgan fingerprint density at radius 3 is 2.33 bits per heavy atom. The lowest BCUT2D eigenvalue weighted by molar-refractivity contribution is -0.142. The third-order valence-corrected chi connectivity index (χ3v) is 5.87. The zero-order valence-corrected chi connectivity index (χ0v) is 12.5. The molecule has 0 fully saturated rings. The van der Waals surface area contributed by atoms with Gasteiger partial charge in [-0.3, -0.25) is 9.36 Å². The predicted octanol–water partition coefficient (Wildman–Crippen LogP) is 2.94. The largest absolute Gasteiger partial charge is 0.459 e. The second-order valence-corrected chi connectivity index (χ2v) is 7.28. The highest BCUT2D eigenvalue weighted by atomic mass is 79.9. The summed E-state index contributed by atoms with van der Waals surface area (Å²) >= 11 is 2.97. The minimum absolute atomic E-state index is 0.106. The molecular formula is C11H14BrO5P. The summed E-state index contributed by atoms with van der Waals surface area (Å²) in [5, 5.41) is 0. The van der Waals surface area contributed by atoms with Crippen LogP contribution < -0.4 is 0 Å². The van der Waals surface area contributed by atoms with E-state index in [-0.39, 0.29) is 6.61 Å². The van der Waals surface area contributed by atoms with E-state index in [1.54, 1.807) is 0 Å². The number of ether oxygens (including phenoxy) is 1. The van der Waals surface area contributed by atoms with Gasteiger partial charge in [-0.1, -0.05) is 46.3 Å². The van der Waals surface area contributed by atoms with Crippen molar-refractivity contribution in [2.24, 2.45) is 0 Å². The normalized spacial score (nSPS) is 13.1.